The maximum Gasteiger partial charge on any atom is 0.320 e. The second-order valence-corrected chi connectivity index (χ2v) is 6.46. The number of rotatable bonds is 2. The van der Waals surface area contributed by atoms with Crippen molar-refractivity contribution in [3.8, 4) is 0 Å². The van der Waals surface area contributed by atoms with Gasteiger partial charge in [-0.2, -0.15) is 0 Å². The summed E-state index contributed by atoms with van der Waals surface area (Å²) in [5, 5.41) is 0. The van der Waals surface area contributed by atoms with E-state index in [2.05, 4.69) is 0 Å². The van der Waals surface area contributed by atoms with Gasteiger partial charge in [-0.25, -0.2) is 0 Å². The number of hydrogen-bond donors (Lipinski definition) is 0. The fourth-order valence-electron chi connectivity index (χ4n) is 2.49. The molecular formula is C17H22O4. The number of esters is 1. The standard InChI is InChI=1S/C17H22O4/c1-11-10-13(18)14(16(19)21-17(2,3)4)15(20-11)12-8-6-5-7-9-12/h5-9,11,14-15H,10H2,1-4H3/t11-,14-,15+/m1/s1. The van der Waals surface area contributed by atoms with Gasteiger partial charge in [-0.1, -0.05) is 30.3 Å². The smallest absolute Gasteiger partial charge is 0.320 e. The zero-order chi connectivity index (χ0) is 15.6. The van der Waals surface area contributed by atoms with E-state index < -0.39 is 23.6 Å². The van der Waals surface area contributed by atoms with Crippen molar-refractivity contribution in [1.82, 2.24) is 0 Å². The van der Waals surface area contributed by atoms with E-state index in [9.17, 15) is 9.59 Å². The minimum atomic E-state index is -0.886. The minimum absolute atomic E-state index is 0.114. The lowest BCUT2D eigenvalue weighted by Gasteiger charge is -2.34. The SMILES string of the molecule is C[C@@H]1CC(=O)[C@@H](C(=O)OC(C)(C)C)[C@H](c2ccccc2)O1. The highest BCUT2D eigenvalue weighted by Gasteiger charge is 2.43. The molecule has 21 heavy (non-hydrogen) atoms. The maximum atomic E-state index is 12.4. The van der Waals surface area contributed by atoms with Crippen LogP contribution in [-0.2, 0) is 19.1 Å². The molecule has 0 spiro atoms. The molecule has 0 amide bonds. The molecule has 1 aliphatic heterocycles. The van der Waals surface area contributed by atoms with Crippen LogP contribution >= 0.6 is 0 Å². The molecule has 1 heterocycles. The lowest BCUT2D eigenvalue weighted by molar-refractivity contribution is -0.176. The van der Waals surface area contributed by atoms with Crippen LogP contribution < -0.4 is 0 Å². The van der Waals surface area contributed by atoms with Gasteiger partial charge in [0.1, 0.15) is 17.6 Å². The zero-order valence-electron chi connectivity index (χ0n) is 13.0. The molecule has 1 aliphatic rings. The molecule has 0 aliphatic carbocycles. The minimum Gasteiger partial charge on any atom is -0.459 e. The molecule has 4 nitrogen and oxygen atoms in total. The number of Topliss-reactive ketones (excluding diaryl/α,β-unsaturated/α-hetero) is 1. The van der Waals surface area contributed by atoms with Crippen molar-refractivity contribution < 1.29 is 19.1 Å². The highest BCUT2D eigenvalue weighted by atomic mass is 16.6. The lowest BCUT2D eigenvalue weighted by atomic mass is 9.86. The van der Waals surface area contributed by atoms with Crippen LogP contribution in [0.25, 0.3) is 0 Å². The Morgan fingerprint density at radius 3 is 2.43 bits per heavy atom. The van der Waals surface area contributed by atoms with Gasteiger partial charge in [0.2, 0.25) is 0 Å². The molecule has 0 unspecified atom stereocenters. The summed E-state index contributed by atoms with van der Waals surface area (Å²) in [4.78, 5) is 24.7. The van der Waals surface area contributed by atoms with Crippen LogP contribution in [0.15, 0.2) is 30.3 Å². The van der Waals surface area contributed by atoms with Crippen LogP contribution in [0, 0.1) is 5.92 Å². The number of carbonyl (C=O) groups is 2. The van der Waals surface area contributed by atoms with E-state index in [-0.39, 0.29) is 18.3 Å². The van der Waals surface area contributed by atoms with E-state index in [1.54, 1.807) is 20.8 Å². The van der Waals surface area contributed by atoms with Crippen molar-refractivity contribution in [2.45, 2.75) is 51.9 Å². The fraction of sp³-hybridized carbons (Fsp3) is 0.529. The van der Waals surface area contributed by atoms with Gasteiger partial charge in [0.15, 0.2) is 5.78 Å². The molecule has 0 N–H and O–H groups in total. The number of benzene rings is 1. The van der Waals surface area contributed by atoms with Crippen molar-refractivity contribution in [3.63, 3.8) is 0 Å². The zero-order valence-corrected chi connectivity index (χ0v) is 13.0. The third kappa shape index (κ3) is 3.91. The van der Waals surface area contributed by atoms with E-state index in [4.69, 9.17) is 9.47 Å². The molecule has 4 heteroatoms. The summed E-state index contributed by atoms with van der Waals surface area (Å²) < 4.78 is 11.3. The van der Waals surface area contributed by atoms with Crippen molar-refractivity contribution in [2.24, 2.45) is 5.92 Å². The lowest BCUT2D eigenvalue weighted by Crippen LogP contribution is -2.42. The van der Waals surface area contributed by atoms with Crippen molar-refractivity contribution in [2.75, 3.05) is 0 Å². The normalized spacial score (nSPS) is 26.5. The first-order chi connectivity index (χ1) is 9.78. The van der Waals surface area contributed by atoms with Gasteiger partial charge in [-0.3, -0.25) is 9.59 Å². The molecule has 0 bridgehead atoms. The predicted octanol–water partition coefficient (Wildman–Crippen LogP) is 3.06. The number of ketones is 1. The Balaban J connectivity index is 2.29. The number of carbonyl (C=O) groups excluding carboxylic acids is 2. The Bertz CT molecular complexity index is 515. The first-order valence-corrected chi connectivity index (χ1v) is 7.24. The van der Waals surface area contributed by atoms with E-state index in [0.29, 0.717) is 0 Å². The first kappa shape index (κ1) is 15.7. The Morgan fingerprint density at radius 1 is 1.24 bits per heavy atom. The van der Waals surface area contributed by atoms with Crippen LogP contribution in [0.4, 0.5) is 0 Å². The summed E-state index contributed by atoms with van der Waals surface area (Å²) in [6.45, 7) is 7.22. The van der Waals surface area contributed by atoms with Crippen molar-refractivity contribution in [3.05, 3.63) is 35.9 Å². The molecule has 0 radical (unpaired) electrons. The van der Waals surface area contributed by atoms with E-state index in [0.717, 1.165) is 5.56 Å². The van der Waals surface area contributed by atoms with Gasteiger partial charge in [-0.05, 0) is 33.3 Å². The van der Waals surface area contributed by atoms with Gasteiger partial charge >= 0.3 is 5.97 Å². The Kier molecular flexibility index (Phi) is 4.47. The summed E-state index contributed by atoms with van der Waals surface area (Å²) in [7, 11) is 0. The molecule has 1 fully saturated rings. The van der Waals surface area contributed by atoms with Gasteiger partial charge in [0.05, 0.1) is 6.10 Å². The monoisotopic (exact) mass is 290 g/mol. The molecule has 3 atom stereocenters. The van der Waals surface area contributed by atoms with Gasteiger partial charge in [-0.15, -0.1) is 0 Å². The van der Waals surface area contributed by atoms with Crippen molar-refractivity contribution in [1.29, 1.82) is 0 Å². The topological polar surface area (TPSA) is 52.6 Å². The number of hydrogen-bond acceptors (Lipinski definition) is 4. The Hall–Kier alpha value is -1.68. The van der Waals surface area contributed by atoms with Gasteiger partial charge in [0, 0.05) is 6.42 Å². The quantitative estimate of drug-likeness (QED) is 0.620. The molecule has 114 valence electrons. The Morgan fingerprint density at radius 2 is 1.86 bits per heavy atom. The first-order valence-electron chi connectivity index (χ1n) is 7.24. The summed E-state index contributed by atoms with van der Waals surface area (Å²) in [6, 6.07) is 9.37. The molecule has 0 saturated carbocycles. The summed E-state index contributed by atoms with van der Waals surface area (Å²) in [5.74, 6) is -1.51. The van der Waals surface area contributed by atoms with Gasteiger partial charge in [0.25, 0.3) is 0 Å². The van der Waals surface area contributed by atoms with E-state index in [1.807, 2.05) is 37.3 Å². The van der Waals surface area contributed by atoms with Gasteiger partial charge < -0.3 is 9.47 Å². The van der Waals surface area contributed by atoms with Crippen LogP contribution in [0.3, 0.4) is 0 Å². The average Bonchev–Trinajstić information content (AvgIpc) is 2.36. The summed E-state index contributed by atoms with van der Waals surface area (Å²) >= 11 is 0. The third-order valence-corrected chi connectivity index (χ3v) is 3.31. The molecule has 0 aromatic heterocycles. The van der Waals surface area contributed by atoms with E-state index >= 15 is 0 Å². The largest absolute Gasteiger partial charge is 0.459 e. The molecule has 1 saturated heterocycles. The van der Waals surface area contributed by atoms with Crippen molar-refractivity contribution >= 4 is 11.8 Å². The Labute approximate surface area is 125 Å². The second-order valence-electron chi connectivity index (χ2n) is 6.46. The third-order valence-electron chi connectivity index (χ3n) is 3.31. The second kappa shape index (κ2) is 5.98. The average molecular weight is 290 g/mol. The molecule has 1 aromatic rings. The van der Waals surface area contributed by atoms with Crippen LogP contribution in [0.1, 0.15) is 45.8 Å². The molecule has 1 aromatic carbocycles. The molecule has 2 rings (SSSR count). The molecular weight excluding hydrogens is 268 g/mol. The summed E-state index contributed by atoms with van der Waals surface area (Å²) in [5.41, 5.74) is 0.204. The van der Waals surface area contributed by atoms with E-state index in [1.165, 1.54) is 0 Å². The highest BCUT2D eigenvalue weighted by molar-refractivity contribution is 6.00. The van der Waals surface area contributed by atoms with Crippen LogP contribution in [0.5, 0.6) is 0 Å². The fourth-order valence-corrected chi connectivity index (χ4v) is 2.49. The maximum absolute atomic E-state index is 12.4. The highest BCUT2D eigenvalue weighted by Crippen LogP contribution is 2.35. The summed E-state index contributed by atoms with van der Waals surface area (Å²) in [6.07, 6.45) is -0.522. The number of ether oxygens (including phenoxy) is 2. The van der Waals surface area contributed by atoms with Crippen LogP contribution in [-0.4, -0.2) is 23.5 Å². The van der Waals surface area contributed by atoms with Crippen LogP contribution in [0.2, 0.25) is 0 Å². The predicted molar refractivity (Wildman–Crippen MR) is 78.7 cm³/mol.